The van der Waals surface area contributed by atoms with Crippen LogP contribution >= 0.6 is 12.2 Å². The van der Waals surface area contributed by atoms with Crippen molar-refractivity contribution in [1.29, 1.82) is 0 Å². The van der Waals surface area contributed by atoms with Crippen LogP contribution in [0, 0.1) is 30.6 Å². The molecular formula is C28H29N3O2S. The number of benzene rings is 2. The van der Waals surface area contributed by atoms with Gasteiger partial charge >= 0.3 is 0 Å². The molecule has 1 N–H and O–H groups in total. The monoisotopic (exact) mass is 471 g/mol. The minimum Gasteiger partial charge on any atom is -0.301 e. The van der Waals surface area contributed by atoms with Crippen molar-refractivity contribution in [2.75, 3.05) is 4.90 Å². The van der Waals surface area contributed by atoms with Crippen LogP contribution in [0.5, 0.6) is 0 Å². The molecule has 6 heteroatoms. The molecule has 2 amide bonds. The molecule has 5 aliphatic rings. The van der Waals surface area contributed by atoms with Crippen LogP contribution < -0.4 is 10.2 Å². The van der Waals surface area contributed by atoms with Crippen molar-refractivity contribution in [1.82, 2.24) is 5.32 Å². The second-order valence-corrected chi connectivity index (χ2v) is 11.2. The molecule has 1 aliphatic heterocycles. The highest BCUT2D eigenvalue weighted by Gasteiger charge is 2.51. The molecule has 1 heterocycles. The first kappa shape index (κ1) is 21.7. The van der Waals surface area contributed by atoms with Gasteiger partial charge in [0, 0.05) is 6.21 Å². The van der Waals surface area contributed by atoms with Crippen LogP contribution in [0.1, 0.15) is 49.7 Å². The maximum absolute atomic E-state index is 13.2. The van der Waals surface area contributed by atoms with Crippen molar-refractivity contribution in [3.63, 3.8) is 0 Å². The number of hydrogen-bond acceptors (Lipinski definition) is 4. The molecule has 1 saturated heterocycles. The molecule has 0 radical (unpaired) electrons. The quantitative estimate of drug-likeness (QED) is 0.377. The van der Waals surface area contributed by atoms with E-state index in [2.05, 4.69) is 22.4 Å². The number of nitrogens with zero attached hydrogens (tertiary/aromatic N) is 2. The number of aryl methyl sites for hydroxylation is 1. The first-order valence-corrected chi connectivity index (χ1v) is 12.7. The molecular weight excluding hydrogens is 442 g/mol. The van der Waals surface area contributed by atoms with Gasteiger partial charge in [-0.05, 0) is 111 Å². The average Bonchev–Trinajstić information content (AvgIpc) is 2.79. The number of anilines is 1. The normalized spacial score (nSPS) is 32.5. The maximum atomic E-state index is 13.2. The third-order valence-electron chi connectivity index (χ3n) is 8.38. The molecule has 7 rings (SSSR count). The van der Waals surface area contributed by atoms with E-state index in [1.54, 1.807) is 0 Å². The summed E-state index contributed by atoms with van der Waals surface area (Å²) in [5.74, 6) is 0.877. The van der Waals surface area contributed by atoms with E-state index in [4.69, 9.17) is 12.2 Å². The lowest BCUT2D eigenvalue weighted by Crippen LogP contribution is -2.58. The Bertz CT molecular complexity index is 1150. The van der Waals surface area contributed by atoms with Gasteiger partial charge in [-0.3, -0.25) is 19.5 Å². The lowest BCUT2D eigenvalue weighted by Gasteiger charge is -2.57. The van der Waals surface area contributed by atoms with E-state index in [-0.39, 0.29) is 11.0 Å². The van der Waals surface area contributed by atoms with Gasteiger partial charge in [-0.2, -0.15) is 0 Å². The number of nitrogens with one attached hydrogen (secondary N) is 1. The van der Waals surface area contributed by atoms with Crippen molar-refractivity contribution in [2.24, 2.45) is 28.7 Å². The summed E-state index contributed by atoms with van der Waals surface area (Å²) in [7, 11) is 0. The van der Waals surface area contributed by atoms with E-state index in [1.165, 1.54) is 55.2 Å². The van der Waals surface area contributed by atoms with Crippen LogP contribution in [-0.4, -0.2) is 23.1 Å². The zero-order valence-electron chi connectivity index (χ0n) is 19.4. The van der Waals surface area contributed by atoms with Gasteiger partial charge in [0.2, 0.25) is 5.91 Å². The minimum atomic E-state index is -1.02. The fourth-order valence-electron chi connectivity index (χ4n) is 7.19. The van der Waals surface area contributed by atoms with Crippen molar-refractivity contribution in [3.8, 4) is 0 Å². The Morgan fingerprint density at radius 2 is 1.53 bits per heavy atom. The minimum absolute atomic E-state index is 0.100. The molecule has 5 nitrogen and oxygen atoms in total. The van der Waals surface area contributed by atoms with Crippen molar-refractivity contribution < 1.29 is 9.59 Å². The van der Waals surface area contributed by atoms with Crippen LogP contribution in [0.2, 0.25) is 0 Å². The van der Waals surface area contributed by atoms with Gasteiger partial charge in [-0.15, -0.1) is 0 Å². The zero-order chi connectivity index (χ0) is 23.4. The largest absolute Gasteiger partial charge is 0.301 e. The van der Waals surface area contributed by atoms with Crippen LogP contribution in [0.4, 0.5) is 11.4 Å². The highest BCUT2D eigenvalue weighted by Crippen LogP contribution is 2.60. The Morgan fingerprint density at radius 3 is 2.12 bits per heavy atom. The lowest BCUT2D eigenvalue weighted by atomic mass is 9.48. The average molecular weight is 472 g/mol. The summed E-state index contributed by atoms with van der Waals surface area (Å²) < 4.78 is 0. The molecule has 0 aromatic heterocycles. The first-order valence-electron chi connectivity index (χ1n) is 12.3. The van der Waals surface area contributed by atoms with E-state index < -0.39 is 11.8 Å². The van der Waals surface area contributed by atoms with Crippen molar-refractivity contribution in [3.05, 3.63) is 59.7 Å². The summed E-state index contributed by atoms with van der Waals surface area (Å²) in [5, 5.41) is 2.75. The van der Waals surface area contributed by atoms with Gasteiger partial charge in [0.1, 0.15) is 0 Å². The Kier molecular flexibility index (Phi) is 5.17. The molecule has 2 aromatic carbocycles. The summed E-state index contributed by atoms with van der Waals surface area (Å²) in [4.78, 5) is 31.6. The van der Waals surface area contributed by atoms with Crippen LogP contribution in [0.15, 0.2) is 53.5 Å². The topological polar surface area (TPSA) is 61.8 Å². The number of aliphatic imine (C=N–C) groups is 1. The van der Waals surface area contributed by atoms with Gasteiger partial charge in [-0.25, -0.2) is 0 Å². The summed E-state index contributed by atoms with van der Waals surface area (Å²) in [6.45, 7) is 1.98. The van der Waals surface area contributed by atoms with E-state index in [9.17, 15) is 9.59 Å². The number of carbonyl (C=O) groups is 2. The highest BCUT2D eigenvalue weighted by atomic mass is 32.1. The number of thiocarbonyl (C=S) groups is 1. The van der Waals surface area contributed by atoms with Crippen LogP contribution in [0.3, 0.4) is 0 Å². The predicted octanol–water partition coefficient (Wildman–Crippen LogP) is 5.23. The second kappa shape index (κ2) is 8.12. The molecule has 1 atom stereocenters. The van der Waals surface area contributed by atoms with Crippen LogP contribution in [-0.2, 0) is 15.0 Å². The van der Waals surface area contributed by atoms with Gasteiger partial charge in [0.05, 0.1) is 11.4 Å². The molecule has 4 bridgehead atoms. The molecule has 4 saturated carbocycles. The first-order chi connectivity index (χ1) is 16.4. The van der Waals surface area contributed by atoms with Gasteiger partial charge < -0.3 is 5.32 Å². The predicted molar refractivity (Wildman–Crippen MR) is 137 cm³/mol. The van der Waals surface area contributed by atoms with Crippen molar-refractivity contribution >= 4 is 46.7 Å². The third-order valence-corrected chi connectivity index (χ3v) is 8.67. The Morgan fingerprint density at radius 1 is 0.941 bits per heavy atom. The Hall–Kier alpha value is -2.86. The van der Waals surface area contributed by atoms with E-state index in [1.807, 2.05) is 43.3 Å². The van der Waals surface area contributed by atoms with Gasteiger partial charge in [0.15, 0.2) is 11.0 Å². The molecule has 5 fully saturated rings. The Labute approximate surface area is 205 Å². The fraction of sp³-hybridized carbons (Fsp3) is 0.429. The number of amides is 2. The molecule has 0 spiro atoms. The lowest BCUT2D eigenvalue weighted by molar-refractivity contribution is -0.130. The smallest absolute Gasteiger partial charge is 0.251 e. The van der Waals surface area contributed by atoms with E-state index in [0.717, 1.165) is 29.0 Å². The second-order valence-electron chi connectivity index (χ2n) is 10.8. The summed E-state index contributed by atoms with van der Waals surface area (Å²) in [6, 6.07) is 16.0. The number of rotatable bonds is 4. The summed E-state index contributed by atoms with van der Waals surface area (Å²) in [6.07, 6.45) is 9.72. The molecule has 4 aliphatic carbocycles. The van der Waals surface area contributed by atoms with Crippen LogP contribution in [0.25, 0.3) is 0 Å². The summed E-state index contributed by atoms with van der Waals surface area (Å²) >= 11 is 5.28. The highest BCUT2D eigenvalue weighted by molar-refractivity contribution is 7.80. The van der Waals surface area contributed by atoms with Gasteiger partial charge in [0.25, 0.3) is 5.91 Å². The molecule has 2 aromatic rings. The Balaban J connectivity index is 1.20. The number of carbonyl (C=O) groups excluding carboxylic acids is 2. The van der Waals surface area contributed by atoms with Crippen molar-refractivity contribution in [2.45, 2.75) is 50.9 Å². The fourth-order valence-corrected chi connectivity index (χ4v) is 7.48. The third kappa shape index (κ3) is 3.68. The number of hydrogen-bond donors (Lipinski definition) is 1. The molecule has 34 heavy (non-hydrogen) atoms. The van der Waals surface area contributed by atoms with E-state index in [0.29, 0.717) is 11.1 Å². The maximum Gasteiger partial charge on any atom is 0.251 e. The molecule has 0 unspecified atom stereocenters. The summed E-state index contributed by atoms with van der Waals surface area (Å²) in [5.41, 5.74) is 4.26. The standard InChI is InChI=1S/C28H29N3O2S/c1-17-2-8-23(9-3-17)31-26(33)24(25(32)30-27(31)34)16-29-22-6-4-21(5-7-22)28-13-18-10-19(14-28)12-20(11-18)15-28/h2-9,16,18-20,24H,10-15H2,1H3,(H,30,32,34)/t18?,19?,20?,24-,28?/m1/s1. The van der Waals surface area contributed by atoms with E-state index >= 15 is 0 Å². The molecule has 174 valence electrons. The zero-order valence-corrected chi connectivity index (χ0v) is 20.2. The SMILES string of the molecule is Cc1ccc(N2C(=O)[C@H](C=Nc3ccc(C45CC6CC(CC(C6)C4)C5)cc3)C(=O)NC2=S)cc1. The van der Waals surface area contributed by atoms with Gasteiger partial charge in [-0.1, -0.05) is 29.8 Å².